The van der Waals surface area contributed by atoms with Crippen LogP contribution in [0.25, 0.3) is 11.4 Å². The lowest BCUT2D eigenvalue weighted by molar-refractivity contribution is 0.0663. The Balaban J connectivity index is 1.90. The second-order valence-corrected chi connectivity index (χ2v) is 7.32. The Morgan fingerprint density at radius 2 is 1.71 bits per heavy atom. The van der Waals surface area contributed by atoms with Crippen LogP contribution in [0.5, 0.6) is 17.2 Å². The lowest BCUT2D eigenvalue weighted by atomic mass is 10.1. The summed E-state index contributed by atoms with van der Waals surface area (Å²) in [6.07, 6.45) is 0. The number of ether oxygens (including phenoxy) is 3. The summed E-state index contributed by atoms with van der Waals surface area (Å²) in [6, 6.07) is 11.0. The van der Waals surface area contributed by atoms with E-state index in [9.17, 15) is 4.79 Å². The van der Waals surface area contributed by atoms with Crippen molar-refractivity contribution < 1.29 is 23.5 Å². The molecule has 0 fully saturated rings. The molecule has 0 spiro atoms. The molecule has 0 aliphatic heterocycles. The molecule has 0 aliphatic rings. The molecule has 0 saturated heterocycles. The van der Waals surface area contributed by atoms with E-state index in [-0.39, 0.29) is 18.5 Å². The molecule has 3 aromatic rings. The predicted molar refractivity (Wildman–Crippen MR) is 116 cm³/mol. The second-order valence-electron chi connectivity index (χ2n) is 7.32. The van der Waals surface area contributed by atoms with Crippen LogP contribution < -0.4 is 14.2 Å². The predicted octanol–water partition coefficient (Wildman–Crippen LogP) is 4.12. The van der Waals surface area contributed by atoms with E-state index in [0.717, 1.165) is 11.1 Å². The SMILES string of the molecule is COc1cc(OC)c(C(=O)N(Cc2nc(-c3cccc(C)c3)no2)C(C)C)cc1OC. The minimum atomic E-state index is -0.247. The third-order valence-electron chi connectivity index (χ3n) is 4.87. The van der Waals surface area contributed by atoms with Gasteiger partial charge in [-0.05, 0) is 26.8 Å². The zero-order chi connectivity index (χ0) is 22.5. The van der Waals surface area contributed by atoms with Gasteiger partial charge in [-0.3, -0.25) is 4.79 Å². The molecule has 2 aromatic carbocycles. The van der Waals surface area contributed by atoms with E-state index in [1.165, 1.54) is 21.3 Å². The Kier molecular flexibility index (Phi) is 6.79. The average Bonchev–Trinajstić information content (AvgIpc) is 3.24. The van der Waals surface area contributed by atoms with Gasteiger partial charge in [0.15, 0.2) is 11.5 Å². The third-order valence-corrected chi connectivity index (χ3v) is 4.87. The molecule has 0 radical (unpaired) electrons. The maximum Gasteiger partial charge on any atom is 0.258 e. The molecule has 0 bridgehead atoms. The first-order chi connectivity index (χ1) is 14.9. The molecule has 0 saturated carbocycles. The molecule has 1 amide bonds. The number of aryl methyl sites for hydroxylation is 1. The summed E-state index contributed by atoms with van der Waals surface area (Å²) in [5, 5.41) is 4.07. The number of hydrogen-bond donors (Lipinski definition) is 0. The van der Waals surface area contributed by atoms with Crippen LogP contribution in [0.4, 0.5) is 0 Å². The van der Waals surface area contributed by atoms with E-state index >= 15 is 0 Å². The van der Waals surface area contributed by atoms with Crippen LogP contribution in [0.1, 0.15) is 35.7 Å². The standard InChI is InChI=1S/C23H27N3O5/c1-14(2)26(13-21-24-22(25-31-21)16-9-7-8-15(3)10-16)23(27)17-11-19(29-5)20(30-6)12-18(17)28-4/h7-12,14H,13H2,1-6H3. The Labute approximate surface area is 181 Å². The van der Waals surface area contributed by atoms with Gasteiger partial charge >= 0.3 is 0 Å². The molecular weight excluding hydrogens is 398 g/mol. The van der Waals surface area contributed by atoms with Crippen LogP contribution in [0.15, 0.2) is 40.9 Å². The zero-order valence-electron chi connectivity index (χ0n) is 18.6. The summed E-state index contributed by atoms with van der Waals surface area (Å²) >= 11 is 0. The average molecular weight is 425 g/mol. The Bertz CT molecular complexity index is 1060. The van der Waals surface area contributed by atoms with Gasteiger partial charge in [0.25, 0.3) is 5.91 Å². The lowest BCUT2D eigenvalue weighted by Crippen LogP contribution is -2.36. The van der Waals surface area contributed by atoms with Crippen LogP contribution in [0.2, 0.25) is 0 Å². The maximum absolute atomic E-state index is 13.4. The van der Waals surface area contributed by atoms with Gasteiger partial charge in [-0.1, -0.05) is 28.9 Å². The first kappa shape index (κ1) is 22.1. The molecule has 164 valence electrons. The molecule has 3 rings (SSSR count). The summed E-state index contributed by atoms with van der Waals surface area (Å²) in [7, 11) is 4.55. The van der Waals surface area contributed by atoms with Gasteiger partial charge in [-0.2, -0.15) is 4.98 Å². The van der Waals surface area contributed by atoms with Gasteiger partial charge in [0, 0.05) is 23.7 Å². The third kappa shape index (κ3) is 4.79. The minimum absolute atomic E-state index is 0.125. The molecule has 1 aromatic heterocycles. The zero-order valence-corrected chi connectivity index (χ0v) is 18.6. The number of benzene rings is 2. The first-order valence-electron chi connectivity index (χ1n) is 9.88. The number of amides is 1. The number of aromatic nitrogens is 2. The van der Waals surface area contributed by atoms with Crippen LogP contribution >= 0.6 is 0 Å². The lowest BCUT2D eigenvalue weighted by Gasteiger charge is -2.26. The number of methoxy groups -OCH3 is 3. The van der Waals surface area contributed by atoms with Gasteiger partial charge < -0.3 is 23.6 Å². The van der Waals surface area contributed by atoms with Crippen molar-refractivity contribution in [3.05, 3.63) is 53.4 Å². The number of hydrogen-bond acceptors (Lipinski definition) is 7. The summed E-state index contributed by atoms with van der Waals surface area (Å²) < 4.78 is 21.5. The van der Waals surface area contributed by atoms with E-state index in [2.05, 4.69) is 10.1 Å². The highest BCUT2D eigenvalue weighted by atomic mass is 16.5. The van der Waals surface area contributed by atoms with E-state index in [4.69, 9.17) is 18.7 Å². The van der Waals surface area contributed by atoms with Crippen molar-refractivity contribution >= 4 is 5.91 Å². The topological polar surface area (TPSA) is 86.9 Å². The van der Waals surface area contributed by atoms with Gasteiger partial charge in [0.2, 0.25) is 11.7 Å². The molecule has 31 heavy (non-hydrogen) atoms. The van der Waals surface area contributed by atoms with Gasteiger partial charge in [-0.15, -0.1) is 0 Å². The van der Waals surface area contributed by atoms with E-state index in [1.54, 1.807) is 17.0 Å². The quantitative estimate of drug-likeness (QED) is 0.536. The van der Waals surface area contributed by atoms with E-state index < -0.39 is 0 Å². The summed E-state index contributed by atoms with van der Waals surface area (Å²) in [4.78, 5) is 19.5. The summed E-state index contributed by atoms with van der Waals surface area (Å²) in [5.74, 6) is 1.89. The minimum Gasteiger partial charge on any atom is -0.496 e. The van der Waals surface area contributed by atoms with Crippen LogP contribution in [0.3, 0.4) is 0 Å². The first-order valence-corrected chi connectivity index (χ1v) is 9.88. The highest BCUT2D eigenvalue weighted by Crippen LogP contribution is 2.35. The molecule has 8 heteroatoms. The largest absolute Gasteiger partial charge is 0.496 e. The summed E-state index contributed by atoms with van der Waals surface area (Å²) in [5.41, 5.74) is 2.31. The molecular formula is C23H27N3O5. The van der Waals surface area contributed by atoms with Crippen molar-refractivity contribution in [2.24, 2.45) is 0 Å². The van der Waals surface area contributed by atoms with Crippen molar-refractivity contribution in [1.29, 1.82) is 0 Å². The molecule has 0 atom stereocenters. The molecule has 8 nitrogen and oxygen atoms in total. The fraction of sp³-hybridized carbons (Fsp3) is 0.348. The Hall–Kier alpha value is -3.55. The second kappa shape index (κ2) is 9.51. The normalized spacial score (nSPS) is 10.8. The number of nitrogens with zero attached hydrogens (tertiary/aromatic N) is 3. The van der Waals surface area contributed by atoms with Gasteiger partial charge in [-0.25, -0.2) is 0 Å². The number of rotatable bonds is 8. The van der Waals surface area contributed by atoms with Gasteiger partial charge in [0.05, 0.1) is 26.9 Å². The van der Waals surface area contributed by atoms with Crippen molar-refractivity contribution in [3.63, 3.8) is 0 Å². The highest BCUT2D eigenvalue weighted by Gasteiger charge is 2.26. The van der Waals surface area contributed by atoms with Crippen LogP contribution in [0, 0.1) is 6.92 Å². The summed E-state index contributed by atoms with van der Waals surface area (Å²) in [6.45, 7) is 6.00. The van der Waals surface area contributed by atoms with Crippen molar-refractivity contribution in [2.45, 2.75) is 33.4 Å². The fourth-order valence-electron chi connectivity index (χ4n) is 3.21. The van der Waals surface area contributed by atoms with E-state index in [1.807, 2.05) is 45.0 Å². The monoisotopic (exact) mass is 425 g/mol. The van der Waals surface area contributed by atoms with E-state index in [0.29, 0.717) is 34.5 Å². The molecule has 0 N–H and O–H groups in total. The smallest absolute Gasteiger partial charge is 0.258 e. The van der Waals surface area contributed by atoms with Crippen LogP contribution in [-0.2, 0) is 6.54 Å². The Morgan fingerprint density at radius 1 is 1.03 bits per heavy atom. The fourth-order valence-corrected chi connectivity index (χ4v) is 3.21. The molecule has 0 unspecified atom stereocenters. The van der Waals surface area contributed by atoms with Crippen molar-refractivity contribution in [1.82, 2.24) is 15.0 Å². The maximum atomic E-state index is 13.4. The number of carbonyl (C=O) groups is 1. The van der Waals surface area contributed by atoms with Gasteiger partial charge in [0.1, 0.15) is 12.3 Å². The Morgan fingerprint density at radius 3 is 2.32 bits per heavy atom. The van der Waals surface area contributed by atoms with Crippen molar-refractivity contribution in [3.8, 4) is 28.6 Å². The molecule has 1 heterocycles. The molecule has 0 aliphatic carbocycles. The van der Waals surface area contributed by atoms with Crippen LogP contribution in [-0.4, -0.2) is 48.3 Å². The highest BCUT2D eigenvalue weighted by molar-refractivity contribution is 5.98. The van der Waals surface area contributed by atoms with Crippen molar-refractivity contribution in [2.75, 3.05) is 21.3 Å². The number of carbonyl (C=O) groups excluding carboxylic acids is 1.